The van der Waals surface area contributed by atoms with E-state index in [1.165, 1.54) is 29.3 Å². The fraction of sp³-hybridized carbons (Fsp3) is 0.714. The van der Waals surface area contributed by atoms with Gasteiger partial charge in [-0.1, -0.05) is 6.92 Å². The Hall–Kier alpha value is -0.750. The number of aliphatic imine (C=N–C) groups is 1. The van der Waals surface area contributed by atoms with Crippen LogP contribution in [-0.4, -0.2) is 43.1 Å². The molecule has 0 aliphatic heterocycles. The zero-order valence-electron chi connectivity index (χ0n) is 12.7. The van der Waals surface area contributed by atoms with Gasteiger partial charge in [-0.05, 0) is 31.3 Å². The second-order valence-corrected chi connectivity index (χ2v) is 6.39. The molecule has 1 rings (SSSR count). The van der Waals surface area contributed by atoms with Crippen LogP contribution in [0.15, 0.2) is 10.4 Å². The standard InChI is InChI=1S/C14H26N4S2/c1-4-13-18-12(11-20-13)7-9-17-14(15-2)16-8-5-6-10-19-3/h11H,4-10H2,1-3H3,(H2,15,16,17). The Labute approximate surface area is 130 Å². The molecule has 1 aromatic rings. The number of hydrogen-bond acceptors (Lipinski definition) is 4. The molecule has 6 heteroatoms. The van der Waals surface area contributed by atoms with E-state index >= 15 is 0 Å². The average Bonchev–Trinajstić information content (AvgIpc) is 2.93. The van der Waals surface area contributed by atoms with Gasteiger partial charge < -0.3 is 10.6 Å². The van der Waals surface area contributed by atoms with E-state index in [1.54, 1.807) is 11.3 Å². The highest BCUT2D eigenvalue weighted by molar-refractivity contribution is 7.98. The minimum Gasteiger partial charge on any atom is -0.356 e. The Kier molecular flexibility index (Phi) is 9.49. The van der Waals surface area contributed by atoms with Crippen molar-refractivity contribution in [2.45, 2.75) is 32.6 Å². The summed E-state index contributed by atoms with van der Waals surface area (Å²) in [4.78, 5) is 8.79. The number of aryl methyl sites for hydroxylation is 1. The Morgan fingerprint density at radius 1 is 1.35 bits per heavy atom. The van der Waals surface area contributed by atoms with Crippen LogP contribution in [0.25, 0.3) is 0 Å². The number of unbranched alkanes of at least 4 members (excludes halogenated alkanes) is 1. The smallest absolute Gasteiger partial charge is 0.190 e. The molecular formula is C14H26N4S2. The molecule has 0 aliphatic rings. The number of guanidine groups is 1. The van der Waals surface area contributed by atoms with Crippen molar-refractivity contribution >= 4 is 29.1 Å². The van der Waals surface area contributed by atoms with Crippen molar-refractivity contribution in [3.8, 4) is 0 Å². The van der Waals surface area contributed by atoms with Crippen molar-refractivity contribution in [3.63, 3.8) is 0 Å². The molecule has 0 amide bonds. The summed E-state index contributed by atoms with van der Waals surface area (Å²) in [7, 11) is 1.81. The number of hydrogen-bond donors (Lipinski definition) is 2. The van der Waals surface area contributed by atoms with Gasteiger partial charge in [0.1, 0.15) is 0 Å². The van der Waals surface area contributed by atoms with E-state index in [-0.39, 0.29) is 0 Å². The molecule has 0 unspecified atom stereocenters. The van der Waals surface area contributed by atoms with Crippen LogP contribution < -0.4 is 10.6 Å². The number of nitrogens with one attached hydrogen (secondary N) is 2. The lowest BCUT2D eigenvalue weighted by atomic mass is 10.3. The minimum atomic E-state index is 0.872. The Morgan fingerprint density at radius 2 is 2.15 bits per heavy atom. The van der Waals surface area contributed by atoms with E-state index in [1.807, 2.05) is 18.8 Å². The number of thiazole rings is 1. The molecule has 0 aromatic carbocycles. The normalized spacial score (nSPS) is 11.7. The average molecular weight is 315 g/mol. The van der Waals surface area contributed by atoms with Crippen molar-refractivity contribution < 1.29 is 0 Å². The summed E-state index contributed by atoms with van der Waals surface area (Å²) in [5.74, 6) is 2.12. The van der Waals surface area contributed by atoms with E-state index in [0.29, 0.717) is 0 Å². The number of aromatic nitrogens is 1. The molecule has 1 heterocycles. The number of nitrogens with zero attached hydrogens (tertiary/aromatic N) is 2. The molecule has 4 nitrogen and oxygen atoms in total. The quantitative estimate of drug-likeness (QED) is 0.418. The van der Waals surface area contributed by atoms with E-state index in [4.69, 9.17) is 0 Å². The first-order chi connectivity index (χ1) is 9.80. The van der Waals surface area contributed by atoms with Gasteiger partial charge in [0, 0.05) is 31.9 Å². The molecule has 114 valence electrons. The predicted molar refractivity (Wildman–Crippen MR) is 92.2 cm³/mol. The zero-order chi connectivity index (χ0) is 14.6. The molecule has 0 atom stereocenters. The van der Waals surface area contributed by atoms with Gasteiger partial charge in [0.2, 0.25) is 0 Å². The maximum Gasteiger partial charge on any atom is 0.190 e. The third kappa shape index (κ3) is 7.14. The molecule has 0 aliphatic carbocycles. The largest absolute Gasteiger partial charge is 0.356 e. The first-order valence-electron chi connectivity index (χ1n) is 7.16. The third-order valence-corrected chi connectivity index (χ3v) is 4.61. The van der Waals surface area contributed by atoms with Crippen LogP contribution in [0.5, 0.6) is 0 Å². The van der Waals surface area contributed by atoms with Crippen molar-refractivity contribution in [1.29, 1.82) is 0 Å². The third-order valence-electron chi connectivity index (χ3n) is 2.87. The van der Waals surface area contributed by atoms with E-state index < -0.39 is 0 Å². The highest BCUT2D eigenvalue weighted by Crippen LogP contribution is 2.10. The summed E-state index contributed by atoms with van der Waals surface area (Å²) < 4.78 is 0. The highest BCUT2D eigenvalue weighted by Gasteiger charge is 2.01. The Balaban J connectivity index is 2.14. The van der Waals surface area contributed by atoms with Crippen LogP contribution in [-0.2, 0) is 12.8 Å². The fourth-order valence-corrected chi connectivity index (χ4v) is 3.01. The molecule has 0 saturated heterocycles. The van der Waals surface area contributed by atoms with Gasteiger partial charge in [-0.15, -0.1) is 11.3 Å². The van der Waals surface area contributed by atoms with E-state index in [2.05, 4.69) is 39.2 Å². The topological polar surface area (TPSA) is 49.3 Å². The summed E-state index contributed by atoms with van der Waals surface area (Å²) in [6, 6.07) is 0. The van der Waals surface area contributed by atoms with E-state index in [0.717, 1.165) is 31.9 Å². The second kappa shape index (κ2) is 11.0. The molecular weight excluding hydrogens is 288 g/mol. The highest BCUT2D eigenvalue weighted by atomic mass is 32.2. The predicted octanol–water partition coefficient (Wildman–Crippen LogP) is 2.56. The molecule has 0 bridgehead atoms. The Morgan fingerprint density at radius 3 is 2.80 bits per heavy atom. The van der Waals surface area contributed by atoms with Gasteiger partial charge in [-0.3, -0.25) is 4.99 Å². The lowest BCUT2D eigenvalue weighted by molar-refractivity contribution is 0.728. The Bertz CT molecular complexity index is 390. The zero-order valence-corrected chi connectivity index (χ0v) is 14.4. The molecule has 20 heavy (non-hydrogen) atoms. The number of rotatable bonds is 9. The maximum atomic E-state index is 4.56. The molecule has 0 fully saturated rings. The lowest BCUT2D eigenvalue weighted by Gasteiger charge is -2.11. The first-order valence-corrected chi connectivity index (χ1v) is 9.44. The van der Waals surface area contributed by atoms with Crippen molar-refractivity contribution in [2.75, 3.05) is 32.1 Å². The lowest BCUT2D eigenvalue weighted by Crippen LogP contribution is -2.38. The summed E-state index contributed by atoms with van der Waals surface area (Å²) in [5, 5.41) is 10.0. The van der Waals surface area contributed by atoms with Gasteiger partial charge in [-0.25, -0.2) is 4.98 Å². The molecule has 0 radical (unpaired) electrons. The molecule has 1 aromatic heterocycles. The van der Waals surface area contributed by atoms with Gasteiger partial charge in [-0.2, -0.15) is 11.8 Å². The molecule has 0 spiro atoms. The van der Waals surface area contributed by atoms with Crippen molar-refractivity contribution in [1.82, 2.24) is 15.6 Å². The summed E-state index contributed by atoms with van der Waals surface area (Å²) in [6.45, 7) is 4.00. The van der Waals surface area contributed by atoms with Gasteiger partial charge in [0.25, 0.3) is 0 Å². The van der Waals surface area contributed by atoms with Crippen LogP contribution >= 0.6 is 23.1 Å². The van der Waals surface area contributed by atoms with Crippen molar-refractivity contribution in [3.05, 3.63) is 16.1 Å². The van der Waals surface area contributed by atoms with Gasteiger partial charge >= 0.3 is 0 Å². The monoisotopic (exact) mass is 314 g/mol. The van der Waals surface area contributed by atoms with E-state index in [9.17, 15) is 0 Å². The fourth-order valence-electron chi connectivity index (χ4n) is 1.73. The first kappa shape index (κ1) is 17.3. The van der Waals surface area contributed by atoms with Crippen LogP contribution in [0.3, 0.4) is 0 Å². The minimum absolute atomic E-state index is 0.872. The summed E-state index contributed by atoms with van der Waals surface area (Å²) in [5.41, 5.74) is 1.18. The van der Waals surface area contributed by atoms with Gasteiger partial charge in [0.15, 0.2) is 5.96 Å². The van der Waals surface area contributed by atoms with Crippen LogP contribution in [0.1, 0.15) is 30.5 Å². The van der Waals surface area contributed by atoms with Crippen LogP contribution in [0.2, 0.25) is 0 Å². The summed E-state index contributed by atoms with van der Waals surface area (Å²) >= 11 is 3.65. The maximum absolute atomic E-state index is 4.56. The second-order valence-electron chi connectivity index (χ2n) is 4.46. The van der Waals surface area contributed by atoms with Crippen molar-refractivity contribution in [2.24, 2.45) is 4.99 Å². The molecule has 0 saturated carbocycles. The van der Waals surface area contributed by atoms with Gasteiger partial charge in [0.05, 0.1) is 10.7 Å². The SMILES string of the molecule is CCc1nc(CCNC(=NC)NCCCCSC)cs1. The summed E-state index contributed by atoms with van der Waals surface area (Å²) in [6.07, 6.45) is 6.56. The van der Waals surface area contributed by atoms with Crippen LogP contribution in [0, 0.1) is 0 Å². The molecule has 2 N–H and O–H groups in total. The number of thioether (sulfide) groups is 1. The van der Waals surface area contributed by atoms with Crippen LogP contribution in [0.4, 0.5) is 0 Å².